The van der Waals surface area contributed by atoms with Crippen LogP contribution in [0.5, 0.6) is 0 Å². The van der Waals surface area contributed by atoms with Crippen molar-refractivity contribution in [2.45, 2.75) is 19.4 Å². The van der Waals surface area contributed by atoms with Crippen LogP contribution in [-0.4, -0.2) is 25.2 Å². The summed E-state index contributed by atoms with van der Waals surface area (Å²) in [6, 6.07) is 0. The van der Waals surface area contributed by atoms with E-state index in [2.05, 4.69) is 11.9 Å². The normalized spacial score (nSPS) is 28.4. The Morgan fingerprint density at radius 2 is 2.58 bits per heavy atom. The highest BCUT2D eigenvalue weighted by atomic mass is 16.5. The molecule has 3 heteroatoms. The SMILES string of the molecule is C=CCNC(=O)C1OCCC1C. The largest absolute Gasteiger partial charge is 0.368 e. The summed E-state index contributed by atoms with van der Waals surface area (Å²) in [6.45, 7) is 6.78. The summed E-state index contributed by atoms with van der Waals surface area (Å²) in [6.07, 6.45) is 2.40. The summed E-state index contributed by atoms with van der Waals surface area (Å²) in [7, 11) is 0. The molecular formula is C9H15NO2. The fourth-order valence-electron chi connectivity index (χ4n) is 1.30. The molecule has 1 amide bonds. The fourth-order valence-corrected chi connectivity index (χ4v) is 1.30. The van der Waals surface area contributed by atoms with Crippen LogP contribution in [0.1, 0.15) is 13.3 Å². The Labute approximate surface area is 72.8 Å². The first-order valence-electron chi connectivity index (χ1n) is 4.26. The molecule has 0 aromatic carbocycles. The van der Waals surface area contributed by atoms with Crippen molar-refractivity contribution in [1.82, 2.24) is 5.32 Å². The molecule has 0 aromatic rings. The van der Waals surface area contributed by atoms with E-state index in [1.807, 2.05) is 6.92 Å². The van der Waals surface area contributed by atoms with Crippen molar-refractivity contribution in [3.8, 4) is 0 Å². The maximum Gasteiger partial charge on any atom is 0.249 e. The summed E-state index contributed by atoms with van der Waals surface area (Å²) < 4.78 is 5.28. The molecular weight excluding hydrogens is 154 g/mol. The van der Waals surface area contributed by atoms with Crippen molar-refractivity contribution < 1.29 is 9.53 Å². The van der Waals surface area contributed by atoms with Gasteiger partial charge in [-0.1, -0.05) is 13.0 Å². The summed E-state index contributed by atoms with van der Waals surface area (Å²) in [4.78, 5) is 11.3. The van der Waals surface area contributed by atoms with Crippen molar-refractivity contribution in [2.24, 2.45) is 5.92 Å². The van der Waals surface area contributed by atoms with E-state index in [9.17, 15) is 4.79 Å². The molecule has 12 heavy (non-hydrogen) atoms. The highest BCUT2D eigenvalue weighted by Gasteiger charge is 2.30. The lowest BCUT2D eigenvalue weighted by atomic mass is 10.0. The van der Waals surface area contributed by atoms with E-state index in [-0.39, 0.29) is 12.0 Å². The lowest BCUT2D eigenvalue weighted by Crippen LogP contribution is -2.37. The molecule has 1 aliphatic heterocycles. The molecule has 1 aliphatic rings. The van der Waals surface area contributed by atoms with Crippen LogP contribution >= 0.6 is 0 Å². The zero-order valence-corrected chi connectivity index (χ0v) is 7.38. The molecule has 68 valence electrons. The highest BCUT2D eigenvalue weighted by Crippen LogP contribution is 2.19. The average molecular weight is 169 g/mol. The van der Waals surface area contributed by atoms with Crippen molar-refractivity contribution in [2.75, 3.05) is 13.2 Å². The number of hydrogen-bond donors (Lipinski definition) is 1. The summed E-state index contributed by atoms with van der Waals surface area (Å²) in [5, 5.41) is 2.72. The van der Waals surface area contributed by atoms with Gasteiger partial charge in [0.2, 0.25) is 5.91 Å². The van der Waals surface area contributed by atoms with Gasteiger partial charge >= 0.3 is 0 Å². The van der Waals surface area contributed by atoms with Crippen LogP contribution in [0, 0.1) is 5.92 Å². The van der Waals surface area contributed by atoms with Gasteiger partial charge in [-0.2, -0.15) is 0 Å². The predicted octanol–water partition coefficient (Wildman–Crippen LogP) is 0.714. The quantitative estimate of drug-likeness (QED) is 0.632. The zero-order valence-electron chi connectivity index (χ0n) is 7.38. The Morgan fingerprint density at radius 1 is 1.83 bits per heavy atom. The predicted molar refractivity (Wildman–Crippen MR) is 46.7 cm³/mol. The molecule has 1 saturated heterocycles. The summed E-state index contributed by atoms with van der Waals surface area (Å²) in [5.74, 6) is 0.328. The van der Waals surface area contributed by atoms with E-state index in [1.165, 1.54) is 0 Å². The van der Waals surface area contributed by atoms with E-state index >= 15 is 0 Å². The number of carbonyl (C=O) groups is 1. The number of ether oxygens (including phenoxy) is 1. The molecule has 3 nitrogen and oxygen atoms in total. The fraction of sp³-hybridized carbons (Fsp3) is 0.667. The first-order valence-corrected chi connectivity index (χ1v) is 4.26. The minimum absolute atomic E-state index is 0.0140. The van der Waals surface area contributed by atoms with Crippen LogP contribution in [0.15, 0.2) is 12.7 Å². The van der Waals surface area contributed by atoms with E-state index in [1.54, 1.807) is 6.08 Å². The van der Waals surface area contributed by atoms with Crippen LogP contribution in [-0.2, 0) is 9.53 Å². The molecule has 0 aliphatic carbocycles. The first-order chi connectivity index (χ1) is 5.75. The molecule has 1 N–H and O–H groups in total. The first kappa shape index (κ1) is 9.26. The highest BCUT2D eigenvalue weighted by molar-refractivity contribution is 5.81. The standard InChI is InChI=1S/C9H15NO2/c1-3-5-10-9(11)8-7(2)4-6-12-8/h3,7-8H,1,4-6H2,2H3,(H,10,11). The maximum atomic E-state index is 11.3. The molecule has 0 spiro atoms. The Bertz CT molecular complexity index is 179. The van der Waals surface area contributed by atoms with E-state index in [0.29, 0.717) is 19.1 Å². The Balaban J connectivity index is 2.35. The van der Waals surface area contributed by atoms with Crippen molar-refractivity contribution >= 4 is 5.91 Å². The lowest BCUT2D eigenvalue weighted by Gasteiger charge is -2.13. The minimum atomic E-state index is -0.245. The third-order valence-electron chi connectivity index (χ3n) is 2.07. The van der Waals surface area contributed by atoms with Gasteiger partial charge in [0, 0.05) is 13.2 Å². The number of nitrogens with one attached hydrogen (secondary N) is 1. The van der Waals surface area contributed by atoms with Gasteiger partial charge < -0.3 is 10.1 Å². The van der Waals surface area contributed by atoms with Gasteiger partial charge in [-0.25, -0.2) is 0 Å². The molecule has 0 aromatic heterocycles. The van der Waals surface area contributed by atoms with Gasteiger partial charge in [-0.3, -0.25) is 4.79 Å². The maximum absolute atomic E-state index is 11.3. The molecule has 0 radical (unpaired) electrons. The number of carbonyl (C=O) groups excluding carboxylic acids is 1. The topological polar surface area (TPSA) is 38.3 Å². The zero-order chi connectivity index (χ0) is 8.97. The van der Waals surface area contributed by atoms with Gasteiger partial charge in [-0.15, -0.1) is 6.58 Å². The monoisotopic (exact) mass is 169 g/mol. The number of amides is 1. The van der Waals surface area contributed by atoms with Gasteiger partial charge in [0.15, 0.2) is 0 Å². The minimum Gasteiger partial charge on any atom is -0.368 e. The Hall–Kier alpha value is -0.830. The lowest BCUT2D eigenvalue weighted by molar-refractivity contribution is -0.131. The van der Waals surface area contributed by atoms with Crippen LogP contribution < -0.4 is 5.32 Å². The third-order valence-corrected chi connectivity index (χ3v) is 2.07. The summed E-state index contributed by atoms with van der Waals surface area (Å²) in [5.41, 5.74) is 0. The van der Waals surface area contributed by atoms with Crippen LogP contribution in [0.4, 0.5) is 0 Å². The summed E-state index contributed by atoms with van der Waals surface area (Å²) >= 11 is 0. The molecule has 1 rings (SSSR count). The van der Waals surface area contributed by atoms with Crippen molar-refractivity contribution in [3.05, 3.63) is 12.7 Å². The Morgan fingerprint density at radius 3 is 3.08 bits per heavy atom. The van der Waals surface area contributed by atoms with Gasteiger partial charge in [-0.05, 0) is 12.3 Å². The van der Waals surface area contributed by atoms with E-state index < -0.39 is 0 Å². The second-order valence-electron chi connectivity index (χ2n) is 3.09. The van der Waals surface area contributed by atoms with Crippen LogP contribution in [0.2, 0.25) is 0 Å². The molecule has 0 bridgehead atoms. The number of hydrogen-bond acceptors (Lipinski definition) is 2. The van der Waals surface area contributed by atoms with Gasteiger partial charge in [0.1, 0.15) is 6.10 Å². The second-order valence-corrected chi connectivity index (χ2v) is 3.09. The molecule has 0 saturated carbocycles. The van der Waals surface area contributed by atoms with E-state index in [4.69, 9.17) is 4.74 Å². The van der Waals surface area contributed by atoms with Gasteiger partial charge in [0.05, 0.1) is 0 Å². The molecule has 2 atom stereocenters. The molecule has 1 heterocycles. The second kappa shape index (κ2) is 4.26. The van der Waals surface area contributed by atoms with Crippen molar-refractivity contribution in [1.29, 1.82) is 0 Å². The van der Waals surface area contributed by atoms with E-state index in [0.717, 1.165) is 6.42 Å². The molecule has 2 unspecified atom stereocenters. The molecule has 1 fully saturated rings. The van der Waals surface area contributed by atoms with Crippen LogP contribution in [0.25, 0.3) is 0 Å². The number of rotatable bonds is 3. The van der Waals surface area contributed by atoms with Crippen LogP contribution in [0.3, 0.4) is 0 Å². The van der Waals surface area contributed by atoms with Gasteiger partial charge in [0.25, 0.3) is 0 Å². The average Bonchev–Trinajstić information content (AvgIpc) is 2.47. The third kappa shape index (κ3) is 2.08. The Kier molecular flexibility index (Phi) is 3.29. The van der Waals surface area contributed by atoms with Crippen molar-refractivity contribution in [3.63, 3.8) is 0 Å². The smallest absolute Gasteiger partial charge is 0.249 e.